The number of thiophene rings is 1. The largest absolute Gasteiger partial charge is 0.376 e. The highest BCUT2D eigenvalue weighted by Gasteiger charge is 2.24. The number of ether oxygens (including phenoxy) is 1. The first-order chi connectivity index (χ1) is 11.1. The monoisotopic (exact) mass is 330 g/mol. The van der Waals surface area contributed by atoms with Crippen molar-refractivity contribution in [3.63, 3.8) is 0 Å². The number of aryl methyl sites for hydroxylation is 2. The fourth-order valence-electron chi connectivity index (χ4n) is 2.80. The standard InChI is InChI=1S/C18H22N2O2S/c1-13-9-17(23-14(13)2)18(21)20(12-16-6-4-8-22-16)11-15-5-3-7-19-10-15/h3,5,7,9-10,16H,4,6,8,11-12H2,1-2H3. The van der Waals surface area contributed by atoms with Gasteiger partial charge in [-0.1, -0.05) is 6.07 Å². The summed E-state index contributed by atoms with van der Waals surface area (Å²) >= 11 is 1.57. The van der Waals surface area contributed by atoms with Crippen molar-refractivity contribution < 1.29 is 9.53 Å². The molecule has 0 spiro atoms. The molecule has 3 heterocycles. The minimum Gasteiger partial charge on any atom is -0.376 e. The average Bonchev–Trinajstić information content (AvgIpc) is 3.17. The van der Waals surface area contributed by atoms with Crippen molar-refractivity contribution in [1.29, 1.82) is 0 Å². The Labute approximate surface area is 141 Å². The molecule has 1 fully saturated rings. The van der Waals surface area contributed by atoms with Gasteiger partial charge in [-0.05, 0) is 49.9 Å². The summed E-state index contributed by atoms with van der Waals surface area (Å²) in [5, 5.41) is 0. The maximum atomic E-state index is 13.0. The first kappa shape index (κ1) is 16.1. The van der Waals surface area contributed by atoms with Crippen LogP contribution in [-0.2, 0) is 11.3 Å². The number of carbonyl (C=O) groups excluding carboxylic acids is 1. The SMILES string of the molecule is Cc1cc(C(=O)N(Cc2cccnc2)CC2CCCO2)sc1C. The maximum absolute atomic E-state index is 13.0. The second-order valence-electron chi connectivity index (χ2n) is 6.03. The Hall–Kier alpha value is -1.72. The summed E-state index contributed by atoms with van der Waals surface area (Å²) in [5.41, 5.74) is 2.22. The average molecular weight is 330 g/mol. The number of carbonyl (C=O) groups is 1. The number of hydrogen-bond donors (Lipinski definition) is 0. The molecule has 1 amide bonds. The van der Waals surface area contributed by atoms with Crippen molar-refractivity contribution in [3.8, 4) is 0 Å². The molecule has 5 heteroatoms. The van der Waals surface area contributed by atoms with E-state index in [0.717, 1.165) is 29.9 Å². The predicted molar refractivity (Wildman–Crippen MR) is 91.7 cm³/mol. The molecule has 4 nitrogen and oxygen atoms in total. The molecule has 0 bridgehead atoms. The summed E-state index contributed by atoms with van der Waals surface area (Å²) in [4.78, 5) is 21.0. The van der Waals surface area contributed by atoms with E-state index in [1.165, 1.54) is 10.4 Å². The van der Waals surface area contributed by atoms with Crippen LogP contribution in [0, 0.1) is 13.8 Å². The zero-order chi connectivity index (χ0) is 16.2. The quantitative estimate of drug-likeness (QED) is 0.841. The zero-order valence-corrected chi connectivity index (χ0v) is 14.4. The first-order valence-electron chi connectivity index (χ1n) is 8.00. The fourth-order valence-corrected chi connectivity index (χ4v) is 3.80. The molecule has 1 atom stereocenters. The number of pyridine rings is 1. The third-order valence-electron chi connectivity index (χ3n) is 4.21. The van der Waals surface area contributed by atoms with Crippen LogP contribution in [0.2, 0.25) is 0 Å². The summed E-state index contributed by atoms with van der Waals surface area (Å²) in [6.07, 6.45) is 5.83. The third kappa shape index (κ3) is 3.98. The van der Waals surface area contributed by atoms with E-state index in [4.69, 9.17) is 4.74 Å². The Bertz CT molecular complexity index is 643. The molecule has 1 aliphatic heterocycles. The summed E-state index contributed by atoms with van der Waals surface area (Å²) in [5.74, 6) is 0.0885. The molecule has 1 saturated heterocycles. The van der Waals surface area contributed by atoms with Crippen LogP contribution in [0.3, 0.4) is 0 Å². The van der Waals surface area contributed by atoms with Gasteiger partial charge < -0.3 is 9.64 Å². The molecule has 0 radical (unpaired) electrons. The van der Waals surface area contributed by atoms with Crippen LogP contribution in [0.25, 0.3) is 0 Å². The molecular weight excluding hydrogens is 308 g/mol. The Kier molecular flexibility index (Phi) is 5.08. The van der Waals surface area contributed by atoms with Gasteiger partial charge >= 0.3 is 0 Å². The Morgan fingerprint density at radius 2 is 2.35 bits per heavy atom. The number of aromatic nitrogens is 1. The summed E-state index contributed by atoms with van der Waals surface area (Å²) in [7, 11) is 0. The van der Waals surface area contributed by atoms with Gasteiger partial charge in [-0.3, -0.25) is 9.78 Å². The highest BCUT2D eigenvalue weighted by atomic mass is 32.1. The van der Waals surface area contributed by atoms with E-state index in [0.29, 0.717) is 13.1 Å². The van der Waals surface area contributed by atoms with Gasteiger partial charge in [0, 0.05) is 37.0 Å². The van der Waals surface area contributed by atoms with Gasteiger partial charge in [0.2, 0.25) is 0 Å². The van der Waals surface area contributed by atoms with Crippen molar-refractivity contribution >= 4 is 17.2 Å². The Morgan fingerprint density at radius 3 is 2.96 bits per heavy atom. The summed E-state index contributed by atoms with van der Waals surface area (Å²) in [6.45, 7) is 6.12. The normalized spacial score (nSPS) is 17.4. The van der Waals surface area contributed by atoms with Crippen LogP contribution in [0.15, 0.2) is 30.6 Å². The minimum absolute atomic E-state index is 0.0885. The lowest BCUT2D eigenvalue weighted by Gasteiger charge is -2.25. The van der Waals surface area contributed by atoms with E-state index in [9.17, 15) is 4.79 Å². The van der Waals surface area contributed by atoms with E-state index in [1.807, 2.05) is 36.2 Å². The Morgan fingerprint density at radius 1 is 1.48 bits per heavy atom. The summed E-state index contributed by atoms with van der Waals surface area (Å²) in [6, 6.07) is 5.91. The van der Waals surface area contributed by atoms with E-state index in [2.05, 4.69) is 11.9 Å². The number of amides is 1. The molecule has 0 aliphatic carbocycles. The van der Waals surface area contributed by atoms with E-state index >= 15 is 0 Å². The first-order valence-corrected chi connectivity index (χ1v) is 8.82. The maximum Gasteiger partial charge on any atom is 0.264 e. The van der Waals surface area contributed by atoms with Crippen LogP contribution < -0.4 is 0 Å². The van der Waals surface area contributed by atoms with Crippen LogP contribution in [0.4, 0.5) is 0 Å². The van der Waals surface area contributed by atoms with E-state index in [1.54, 1.807) is 17.5 Å². The molecular formula is C18H22N2O2S. The second-order valence-corrected chi connectivity index (χ2v) is 7.29. The number of rotatable bonds is 5. The third-order valence-corrected chi connectivity index (χ3v) is 5.35. The van der Waals surface area contributed by atoms with Crippen LogP contribution in [-0.4, -0.2) is 35.0 Å². The lowest BCUT2D eigenvalue weighted by molar-refractivity contribution is 0.0510. The van der Waals surface area contributed by atoms with Gasteiger partial charge in [-0.25, -0.2) is 0 Å². The van der Waals surface area contributed by atoms with Crippen LogP contribution in [0.1, 0.15) is 38.5 Å². The number of nitrogens with zero attached hydrogens (tertiary/aromatic N) is 2. The lowest BCUT2D eigenvalue weighted by atomic mass is 10.2. The van der Waals surface area contributed by atoms with Crippen molar-refractivity contribution in [2.45, 2.75) is 39.3 Å². The molecule has 23 heavy (non-hydrogen) atoms. The topological polar surface area (TPSA) is 42.4 Å². The highest BCUT2D eigenvalue weighted by Crippen LogP contribution is 2.24. The van der Waals surface area contributed by atoms with Crippen molar-refractivity contribution in [1.82, 2.24) is 9.88 Å². The summed E-state index contributed by atoms with van der Waals surface area (Å²) < 4.78 is 5.73. The molecule has 2 aromatic heterocycles. The minimum atomic E-state index is 0.0885. The van der Waals surface area contributed by atoms with E-state index in [-0.39, 0.29) is 12.0 Å². The molecule has 1 aliphatic rings. The molecule has 0 saturated carbocycles. The molecule has 122 valence electrons. The predicted octanol–water partition coefficient (Wildman–Crippen LogP) is 3.58. The Balaban J connectivity index is 1.79. The van der Waals surface area contributed by atoms with E-state index < -0.39 is 0 Å². The second kappa shape index (κ2) is 7.23. The van der Waals surface area contributed by atoms with Gasteiger partial charge in [0.1, 0.15) is 0 Å². The molecule has 1 unspecified atom stereocenters. The highest BCUT2D eigenvalue weighted by molar-refractivity contribution is 7.14. The fraction of sp³-hybridized carbons (Fsp3) is 0.444. The molecule has 0 aromatic carbocycles. The van der Waals surface area contributed by atoms with Crippen molar-refractivity contribution in [2.24, 2.45) is 0 Å². The smallest absolute Gasteiger partial charge is 0.264 e. The van der Waals surface area contributed by atoms with Crippen molar-refractivity contribution in [3.05, 3.63) is 51.5 Å². The van der Waals surface area contributed by atoms with Crippen LogP contribution in [0.5, 0.6) is 0 Å². The molecule has 2 aromatic rings. The van der Waals surface area contributed by atoms with Crippen LogP contribution >= 0.6 is 11.3 Å². The van der Waals surface area contributed by atoms with Gasteiger partial charge in [-0.15, -0.1) is 11.3 Å². The van der Waals surface area contributed by atoms with Crippen molar-refractivity contribution in [2.75, 3.05) is 13.2 Å². The molecule has 3 rings (SSSR count). The number of hydrogen-bond acceptors (Lipinski definition) is 4. The zero-order valence-electron chi connectivity index (χ0n) is 13.6. The van der Waals surface area contributed by atoms with Gasteiger partial charge in [0.25, 0.3) is 5.91 Å². The molecule has 0 N–H and O–H groups in total. The van der Waals surface area contributed by atoms with Gasteiger partial charge in [0.15, 0.2) is 0 Å². The van der Waals surface area contributed by atoms with Gasteiger partial charge in [0.05, 0.1) is 11.0 Å². The lowest BCUT2D eigenvalue weighted by Crippen LogP contribution is -2.36. The van der Waals surface area contributed by atoms with Gasteiger partial charge in [-0.2, -0.15) is 0 Å².